The number of nitrogens with one attached hydrogen (secondary N) is 1. The molecule has 0 saturated carbocycles. The molecule has 2 aromatic carbocycles. The Morgan fingerprint density at radius 2 is 1.77 bits per heavy atom. The average Bonchev–Trinajstić information content (AvgIpc) is 3.46. The van der Waals surface area contributed by atoms with Crippen LogP contribution in [0.5, 0.6) is 0 Å². The molecule has 5 aromatic rings. The second kappa shape index (κ2) is 7.93. The molecule has 0 aliphatic carbocycles. The number of hydrogen-bond donors (Lipinski definition) is 1. The van der Waals surface area contributed by atoms with Crippen molar-refractivity contribution in [3.8, 4) is 16.9 Å². The maximum absolute atomic E-state index is 12.7. The minimum Gasteiger partial charge on any atom is -0.347 e. The van der Waals surface area contributed by atoms with Gasteiger partial charge in [0.05, 0.1) is 15.9 Å². The van der Waals surface area contributed by atoms with Crippen molar-refractivity contribution in [1.82, 2.24) is 19.9 Å². The molecule has 5 nitrogen and oxygen atoms in total. The number of benzene rings is 2. The molecule has 0 saturated heterocycles. The molecule has 5 rings (SSSR count). The first-order valence-corrected chi connectivity index (χ1v) is 10.5. The molecule has 3 heterocycles. The molecule has 0 fully saturated rings. The molecule has 30 heavy (non-hydrogen) atoms. The fraction of sp³-hybridized carbons (Fsp3) is 0.0417. The number of imidazole rings is 1. The Balaban J connectivity index is 1.30. The summed E-state index contributed by atoms with van der Waals surface area (Å²) >= 11 is 1.45. The molecule has 0 radical (unpaired) electrons. The zero-order valence-corrected chi connectivity index (χ0v) is 16.8. The monoisotopic (exact) mass is 410 g/mol. The van der Waals surface area contributed by atoms with Crippen LogP contribution in [-0.2, 0) is 6.54 Å². The number of amides is 1. The molecule has 1 amide bonds. The van der Waals surface area contributed by atoms with Gasteiger partial charge in [0.25, 0.3) is 5.91 Å². The fourth-order valence-corrected chi connectivity index (χ4v) is 4.23. The molecule has 1 N–H and O–H groups in total. The predicted molar refractivity (Wildman–Crippen MR) is 120 cm³/mol. The third kappa shape index (κ3) is 3.49. The number of rotatable bonds is 5. The quantitative estimate of drug-likeness (QED) is 0.440. The maximum atomic E-state index is 12.7. The van der Waals surface area contributed by atoms with Gasteiger partial charge in [0.2, 0.25) is 0 Å². The van der Waals surface area contributed by atoms with Crippen molar-refractivity contribution in [1.29, 1.82) is 0 Å². The predicted octanol–water partition coefficient (Wildman–Crippen LogP) is 5.08. The molecular weight excluding hydrogens is 392 g/mol. The van der Waals surface area contributed by atoms with E-state index in [1.807, 2.05) is 82.7 Å². The summed E-state index contributed by atoms with van der Waals surface area (Å²) in [5.41, 5.74) is 4.88. The third-order valence-corrected chi connectivity index (χ3v) is 5.83. The fourth-order valence-electron chi connectivity index (χ4n) is 3.40. The number of carbonyl (C=O) groups is 1. The Hall–Kier alpha value is -3.77. The van der Waals surface area contributed by atoms with E-state index in [4.69, 9.17) is 0 Å². The normalized spacial score (nSPS) is 10.9. The Kier molecular flexibility index (Phi) is 4.83. The summed E-state index contributed by atoms with van der Waals surface area (Å²) in [6.07, 6.45) is 3.56. The highest BCUT2D eigenvalue weighted by Crippen LogP contribution is 2.28. The number of thiophene rings is 1. The molecule has 3 aromatic heterocycles. The van der Waals surface area contributed by atoms with Gasteiger partial charge in [0.15, 0.2) is 0 Å². The van der Waals surface area contributed by atoms with Gasteiger partial charge in [-0.25, -0.2) is 9.97 Å². The summed E-state index contributed by atoms with van der Waals surface area (Å²) in [5.74, 6) is 0.719. The smallest absolute Gasteiger partial charge is 0.262 e. The zero-order chi connectivity index (χ0) is 20.3. The molecule has 0 aliphatic rings. The molecule has 0 bridgehead atoms. The van der Waals surface area contributed by atoms with E-state index >= 15 is 0 Å². The van der Waals surface area contributed by atoms with E-state index in [1.54, 1.807) is 12.5 Å². The lowest BCUT2D eigenvalue weighted by Gasteiger charge is -2.08. The van der Waals surface area contributed by atoms with E-state index < -0.39 is 0 Å². The number of para-hydroxylation sites is 2. The number of aromatic nitrogens is 3. The second-order valence-electron chi connectivity index (χ2n) is 6.84. The number of hydrogen-bond acceptors (Lipinski definition) is 4. The first-order valence-electron chi connectivity index (χ1n) is 9.58. The highest BCUT2D eigenvalue weighted by atomic mass is 32.1. The summed E-state index contributed by atoms with van der Waals surface area (Å²) in [4.78, 5) is 22.4. The van der Waals surface area contributed by atoms with Crippen molar-refractivity contribution in [3.05, 3.63) is 101 Å². The van der Waals surface area contributed by atoms with E-state index in [1.165, 1.54) is 11.3 Å². The molecule has 0 unspecified atom stereocenters. The van der Waals surface area contributed by atoms with Crippen LogP contribution in [0.25, 0.3) is 28.0 Å². The topological polar surface area (TPSA) is 59.8 Å². The third-order valence-electron chi connectivity index (χ3n) is 4.92. The van der Waals surface area contributed by atoms with Gasteiger partial charge in [0, 0.05) is 18.3 Å². The largest absolute Gasteiger partial charge is 0.347 e. The van der Waals surface area contributed by atoms with Gasteiger partial charge in [0.1, 0.15) is 12.1 Å². The molecule has 146 valence electrons. The summed E-state index contributed by atoms with van der Waals surface area (Å²) < 4.78 is 1.95. The van der Waals surface area contributed by atoms with Gasteiger partial charge < -0.3 is 5.32 Å². The highest BCUT2D eigenvalue weighted by Gasteiger charge is 2.14. The van der Waals surface area contributed by atoms with Gasteiger partial charge in [-0.15, -0.1) is 11.3 Å². The first kappa shape index (κ1) is 18.3. The van der Waals surface area contributed by atoms with Gasteiger partial charge in [-0.3, -0.25) is 9.36 Å². The van der Waals surface area contributed by atoms with E-state index in [0.717, 1.165) is 38.4 Å². The Bertz CT molecular complexity index is 1310. The van der Waals surface area contributed by atoms with Gasteiger partial charge in [-0.1, -0.05) is 48.5 Å². The molecule has 0 atom stereocenters. The van der Waals surface area contributed by atoms with Crippen LogP contribution in [0.3, 0.4) is 0 Å². The SMILES string of the molecule is O=C(NCc1ccc(-n2cnc3ccccc32)nc1)c1sccc1-c1ccccc1. The van der Waals surface area contributed by atoms with Crippen molar-refractivity contribution in [2.75, 3.05) is 0 Å². The lowest BCUT2D eigenvalue weighted by Crippen LogP contribution is -2.22. The van der Waals surface area contributed by atoms with Crippen LogP contribution in [0.1, 0.15) is 15.2 Å². The van der Waals surface area contributed by atoms with E-state index in [0.29, 0.717) is 6.54 Å². The van der Waals surface area contributed by atoms with Gasteiger partial charge >= 0.3 is 0 Å². The minimum absolute atomic E-state index is 0.0754. The van der Waals surface area contributed by atoms with Crippen molar-refractivity contribution in [2.45, 2.75) is 6.54 Å². The van der Waals surface area contributed by atoms with Crippen molar-refractivity contribution >= 4 is 28.3 Å². The lowest BCUT2D eigenvalue weighted by molar-refractivity contribution is 0.0955. The molecule has 0 spiro atoms. The second-order valence-corrected chi connectivity index (χ2v) is 7.76. The number of pyridine rings is 1. The van der Waals surface area contributed by atoms with Gasteiger partial charge in [-0.05, 0) is 40.8 Å². The Morgan fingerprint density at radius 3 is 2.60 bits per heavy atom. The van der Waals surface area contributed by atoms with Crippen molar-refractivity contribution in [3.63, 3.8) is 0 Å². The van der Waals surface area contributed by atoms with Crippen molar-refractivity contribution in [2.24, 2.45) is 0 Å². The standard InChI is InChI=1S/C24H18N4OS/c29-24(23-19(12-13-30-23)18-6-2-1-3-7-18)26-15-17-10-11-22(25-14-17)28-16-27-20-8-4-5-9-21(20)28/h1-14,16H,15H2,(H,26,29). The zero-order valence-electron chi connectivity index (χ0n) is 16.0. The van der Waals surface area contributed by atoms with Crippen molar-refractivity contribution < 1.29 is 4.79 Å². The lowest BCUT2D eigenvalue weighted by atomic mass is 10.1. The van der Waals surface area contributed by atoms with Crippen LogP contribution in [0.2, 0.25) is 0 Å². The number of fused-ring (bicyclic) bond motifs is 1. The average molecular weight is 411 g/mol. The van der Waals surface area contributed by atoms with Crippen LogP contribution >= 0.6 is 11.3 Å². The van der Waals surface area contributed by atoms with E-state index in [-0.39, 0.29) is 5.91 Å². The van der Waals surface area contributed by atoms with E-state index in [2.05, 4.69) is 15.3 Å². The summed E-state index contributed by atoms with van der Waals surface area (Å²) in [7, 11) is 0. The maximum Gasteiger partial charge on any atom is 0.262 e. The summed E-state index contributed by atoms with van der Waals surface area (Å²) in [6.45, 7) is 0.420. The first-order chi connectivity index (χ1) is 14.8. The summed E-state index contributed by atoms with van der Waals surface area (Å²) in [5, 5.41) is 4.96. The molecular formula is C24H18N4OS. The minimum atomic E-state index is -0.0754. The Morgan fingerprint density at radius 1 is 0.933 bits per heavy atom. The van der Waals surface area contributed by atoms with Crippen LogP contribution in [0.15, 0.2) is 90.7 Å². The van der Waals surface area contributed by atoms with Crippen LogP contribution in [0, 0.1) is 0 Å². The van der Waals surface area contributed by atoms with Gasteiger partial charge in [-0.2, -0.15) is 0 Å². The Labute approximate surface area is 177 Å². The number of nitrogens with zero attached hydrogens (tertiary/aromatic N) is 3. The summed E-state index contributed by atoms with van der Waals surface area (Å²) in [6, 6.07) is 23.8. The van der Waals surface area contributed by atoms with E-state index in [9.17, 15) is 4.79 Å². The number of carbonyl (C=O) groups excluding carboxylic acids is 1. The van der Waals surface area contributed by atoms with Crippen LogP contribution in [0.4, 0.5) is 0 Å². The van der Waals surface area contributed by atoms with Crippen LogP contribution < -0.4 is 5.32 Å². The molecule has 0 aliphatic heterocycles. The molecule has 6 heteroatoms. The van der Waals surface area contributed by atoms with Crippen LogP contribution in [-0.4, -0.2) is 20.4 Å². The highest BCUT2D eigenvalue weighted by molar-refractivity contribution is 7.12.